The summed E-state index contributed by atoms with van der Waals surface area (Å²) >= 11 is 0. The first-order chi connectivity index (χ1) is 12.8. The van der Waals surface area contributed by atoms with Crippen LogP contribution in [-0.4, -0.2) is 18.3 Å². The van der Waals surface area contributed by atoms with Crippen LogP contribution >= 0.6 is 0 Å². The van der Waals surface area contributed by atoms with Crippen molar-refractivity contribution in [2.45, 2.75) is 83.5 Å². The highest BCUT2D eigenvalue weighted by atomic mass is 16.5. The lowest BCUT2D eigenvalue weighted by Gasteiger charge is -2.37. The van der Waals surface area contributed by atoms with Crippen LogP contribution in [-0.2, 0) is 0 Å². The predicted octanol–water partition coefficient (Wildman–Crippen LogP) is 6.33. The quantitative estimate of drug-likeness (QED) is 0.468. The maximum Gasteiger partial charge on any atom is 0.119 e. The van der Waals surface area contributed by atoms with Crippen LogP contribution in [0.3, 0.4) is 0 Å². The van der Waals surface area contributed by atoms with Gasteiger partial charge in [-0.3, -0.25) is 0 Å². The highest BCUT2D eigenvalue weighted by molar-refractivity contribution is 5.30. The lowest BCUT2D eigenvalue weighted by Crippen LogP contribution is -2.24. The topological polar surface area (TPSA) is 29.5 Å². The van der Waals surface area contributed by atoms with Gasteiger partial charge in [-0.2, -0.15) is 0 Å². The number of hydrogen-bond donors (Lipinski definition) is 1. The van der Waals surface area contributed by atoms with Crippen molar-refractivity contribution in [1.29, 1.82) is 0 Å². The van der Waals surface area contributed by atoms with Crippen LogP contribution in [0.4, 0.5) is 0 Å². The minimum Gasteiger partial charge on any atom is -0.494 e. The molecule has 1 aromatic carbocycles. The largest absolute Gasteiger partial charge is 0.494 e. The van der Waals surface area contributed by atoms with Crippen LogP contribution in [0, 0.1) is 17.8 Å². The maximum absolute atomic E-state index is 8.87. The van der Waals surface area contributed by atoms with Crippen LogP contribution in [0.2, 0.25) is 0 Å². The molecule has 0 aromatic heterocycles. The fourth-order valence-corrected chi connectivity index (χ4v) is 4.85. The first-order valence-electron chi connectivity index (χ1n) is 11.1. The van der Waals surface area contributed by atoms with Crippen LogP contribution in [0.5, 0.6) is 5.75 Å². The summed E-state index contributed by atoms with van der Waals surface area (Å²) in [6.07, 6.45) is 15.0. The molecule has 2 aliphatic carbocycles. The molecule has 3 atom stereocenters. The molecule has 2 saturated carbocycles. The second-order valence-corrected chi connectivity index (χ2v) is 8.72. The Labute approximate surface area is 160 Å². The summed E-state index contributed by atoms with van der Waals surface area (Å²) in [6.45, 7) is 3.11. The molecule has 0 saturated heterocycles. The van der Waals surface area contributed by atoms with E-state index in [1.165, 1.54) is 69.8 Å². The van der Waals surface area contributed by atoms with Crippen molar-refractivity contribution >= 4 is 0 Å². The van der Waals surface area contributed by atoms with Crippen LogP contribution < -0.4 is 4.74 Å². The van der Waals surface area contributed by atoms with E-state index in [2.05, 4.69) is 31.2 Å². The van der Waals surface area contributed by atoms with Crippen molar-refractivity contribution in [3.05, 3.63) is 29.8 Å². The molecule has 0 amide bonds. The molecule has 2 fully saturated rings. The van der Waals surface area contributed by atoms with E-state index in [9.17, 15) is 0 Å². The molecule has 0 aliphatic heterocycles. The highest BCUT2D eigenvalue weighted by Crippen LogP contribution is 2.48. The molecule has 1 aromatic rings. The third-order valence-corrected chi connectivity index (χ3v) is 6.52. The minimum atomic E-state index is 0.197. The second-order valence-electron chi connectivity index (χ2n) is 8.72. The lowest BCUT2D eigenvalue weighted by molar-refractivity contribution is 0.202. The van der Waals surface area contributed by atoms with Gasteiger partial charge >= 0.3 is 0 Å². The smallest absolute Gasteiger partial charge is 0.119 e. The van der Waals surface area contributed by atoms with E-state index >= 15 is 0 Å². The third kappa shape index (κ3) is 6.01. The summed E-state index contributed by atoms with van der Waals surface area (Å²) in [6, 6.07) is 8.87. The second kappa shape index (κ2) is 10.3. The number of aliphatic hydroxyl groups is 1. The Morgan fingerprint density at radius 3 is 2.42 bits per heavy atom. The Morgan fingerprint density at radius 2 is 1.73 bits per heavy atom. The zero-order valence-electron chi connectivity index (χ0n) is 16.7. The van der Waals surface area contributed by atoms with E-state index in [1.807, 2.05) is 0 Å². The van der Waals surface area contributed by atoms with Gasteiger partial charge in [-0.05, 0) is 67.1 Å². The Balaban J connectivity index is 1.57. The Morgan fingerprint density at radius 1 is 0.962 bits per heavy atom. The van der Waals surface area contributed by atoms with Crippen molar-refractivity contribution in [3.8, 4) is 5.75 Å². The van der Waals surface area contributed by atoms with Gasteiger partial charge in [0.05, 0.1) is 6.61 Å². The van der Waals surface area contributed by atoms with Gasteiger partial charge in [0, 0.05) is 13.0 Å². The van der Waals surface area contributed by atoms with Crippen molar-refractivity contribution in [2.24, 2.45) is 17.8 Å². The molecule has 2 heteroatoms. The molecule has 2 aliphatic rings. The number of ether oxygens (including phenoxy) is 1. The van der Waals surface area contributed by atoms with E-state index < -0.39 is 0 Å². The number of benzene rings is 1. The third-order valence-electron chi connectivity index (χ3n) is 6.52. The van der Waals surface area contributed by atoms with Crippen molar-refractivity contribution in [2.75, 3.05) is 13.2 Å². The fraction of sp³-hybridized carbons (Fsp3) is 0.750. The molecule has 1 N–H and O–H groups in total. The average Bonchev–Trinajstić information content (AvgIpc) is 3.47. The summed E-state index contributed by atoms with van der Waals surface area (Å²) in [5.41, 5.74) is 1.53. The Bertz CT molecular complexity index is 505. The van der Waals surface area contributed by atoms with E-state index in [-0.39, 0.29) is 6.61 Å². The standard InChI is InChI=1S/C24H38O2/c1-2-3-4-6-19-9-14-24(22(17-19)18-20-7-8-20)21-10-12-23(13-11-21)26-16-5-15-25/h10-13,19-20,22,24-25H,2-9,14-18H2,1H3. The van der Waals surface area contributed by atoms with Crippen LogP contribution in [0.1, 0.15) is 89.0 Å². The molecule has 0 spiro atoms. The van der Waals surface area contributed by atoms with Gasteiger partial charge in [0.25, 0.3) is 0 Å². The van der Waals surface area contributed by atoms with E-state index in [1.54, 1.807) is 0 Å². The van der Waals surface area contributed by atoms with Gasteiger partial charge in [0.15, 0.2) is 0 Å². The summed E-state index contributed by atoms with van der Waals surface area (Å²) in [7, 11) is 0. The number of rotatable bonds is 11. The van der Waals surface area contributed by atoms with Gasteiger partial charge in [0.2, 0.25) is 0 Å². The molecule has 0 radical (unpaired) electrons. The van der Waals surface area contributed by atoms with Gasteiger partial charge < -0.3 is 9.84 Å². The van der Waals surface area contributed by atoms with E-state index in [0.29, 0.717) is 13.0 Å². The highest BCUT2D eigenvalue weighted by Gasteiger charge is 2.35. The first-order valence-corrected chi connectivity index (χ1v) is 11.1. The number of unbranched alkanes of at least 4 members (excludes halogenated alkanes) is 2. The number of hydrogen-bond acceptors (Lipinski definition) is 2. The van der Waals surface area contributed by atoms with Crippen LogP contribution in [0.25, 0.3) is 0 Å². The Kier molecular flexibility index (Phi) is 7.85. The fourth-order valence-electron chi connectivity index (χ4n) is 4.85. The summed E-state index contributed by atoms with van der Waals surface area (Å²) in [5.74, 6) is 4.59. The van der Waals surface area contributed by atoms with Crippen molar-refractivity contribution in [3.63, 3.8) is 0 Å². The van der Waals surface area contributed by atoms with Gasteiger partial charge in [0.1, 0.15) is 5.75 Å². The molecule has 0 bridgehead atoms. The monoisotopic (exact) mass is 358 g/mol. The first kappa shape index (κ1) is 19.7. The maximum atomic E-state index is 8.87. The molecular weight excluding hydrogens is 320 g/mol. The van der Waals surface area contributed by atoms with Gasteiger partial charge in [-0.25, -0.2) is 0 Å². The summed E-state index contributed by atoms with van der Waals surface area (Å²) < 4.78 is 5.70. The Hall–Kier alpha value is -1.02. The van der Waals surface area contributed by atoms with Crippen LogP contribution in [0.15, 0.2) is 24.3 Å². The molecule has 3 unspecified atom stereocenters. The van der Waals surface area contributed by atoms with Gasteiger partial charge in [-0.1, -0.05) is 57.6 Å². The average molecular weight is 359 g/mol. The lowest BCUT2D eigenvalue weighted by atomic mass is 9.68. The molecule has 0 heterocycles. The molecule has 146 valence electrons. The normalized spacial score (nSPS) is 26.0. The zero-order chi connectivity index (χ0) is 18.2. The van der Waals surface area contributed by atoms with Crippen molar-refractivity contribution < 1.29 is 9.84 Å². The SMILES string of the molecule is CCCCCC1CCC(c2ccc(OCCCO)cc2)C(CC2CC2)C1. The zero-order valence-corrected chi connectivity index (χ0v) is 16.7. The summed E-state index contributed by atoms with van der Waals surface area (Å²) in [4.78, 5) is 0. The molecule has 26 heavy (non-hydrogen) atoms. The molecule has 2 nitrogen and oxygen atoms in total. The van der Waals surface area contributed by atoms with Gasteiger partial charge in [-0.15, -0.1) is 0 Å². The number of aliphatic hydroxyl groups excluding tert-OH is 1. The molecular formula is C24H38O2. The van der Waals surface area contributed by atoms with E-state index in [0.717, 1.165) is 29.4 Å². The summed E-state index contributed by atoms with van der Waals surface area (Å²) in [5, 5.41) is 8.87. The minimum absolute atomic E-state index is 0.197. The molecule has 3 rings (SSSR count). The predicted molar refractivity (Wildman–Crippen MR) is 109 cm³/mol. The van der Waals surface area contributed by atoms with E-state index in [4.69, 9.17) is 9.84 Å². The van der Waals surface area contributed by atoms with Crippen molar-refractivity contribution in [1.82, 2.24) is 0 Å².